The van der Waals surface area contributed by atoms with Gasteiger partial charge in [-0.3, -0.25) is 0 Å². The van der Waals surface area contributed by atoms with Crippen LogP contribution in [0.3, 0.4) is 0 Å². The van der Waals surface area contributed by atoms with Gasteiger partial charge in [-0.05, 0) is 54.7 Å². The number of pyridine rings is 1. The van der Waals surface area contributed by atoms with Gasteiger partial charge in [0.25, 0.3) is 0 Å². The first-order valence-electron chi connectivity index (χ1n) is 6.13. The van der Waals surface area contributed by atoms with Crippen LogP contribution >= 0.6 is 0 Å². The lowest BCUT2D eigenvalue weighted by molar-refractivity contribution is 0.216. The minimum Gasteiger partial charge on any atom is -0.383 e. The topological polar surface area (TPSA) is 38.9 Å². The van der Waals surface area contributed by atoms with Crippen LogP contribution in [0.1, 0.15) is 44.0 Å². The number of rotatable bonds is 0. The Bertz CT molecular complexity index is 402. The van der Waals surface area contributed by atoms with E-state index in [-0.39, 0.29) is 0 Å². The molecule has 1 aromatic rings. The maximum absolute atomic E-state index is 5.99. The molecule has 2 N–H and O–H groups in total. The Morgan fingerprint density at radius 3 is 2.69 bits per heavy atom. The van der Waals surface area contributed by atoms with Crippen molar-refractivity contribution in [1.29, 1.82) is 0 Å². The van der Waals surface area contributed by atoms with Crippen molar-refractivity contribution in [3.8, 4) is 0 Å². The molecule has 1 heterocycles. The van der Waals surface area contributed by atoms with E-state index >= 15 is 0 Å². The Hall–Kier alpha value is -1.05. The summed E-state index contributed by atoms with van der Waals surface area (Å²) in [6, 6.07) is 2.21. The van der Waals surface area contributed by atoms with Crippen LogP contribution in [0.4, 0.5) is 5.82 Å². The normalized spacial score (nSPS) is 20.6. The number of aromatic nitrogens is 1. The fourth-order valence-electron chi connectivity index (χ4n) is 2.69. The van der Waals surface area contributed by atoms with Gasteiger partial charge in [0.05, 0.1) is 0 Å². The van der Waals surface area contributed by atoms with Gasteiger partial charge in [-0.15, -0.1) is 0 Å². The van der Waals surface area contributed by atoms with Gasteiger partial charge < -0.3 is 5.73 Å². The third-order valence-corrected chi connectivity index (χ3v) is 3.81. The number of aryl methyl sites for hydroxylation is 1. The molecule has 0 aromatic carbocycles. The van der Waals surface area contributed by atoms with Crippen molar-refractivity contribution in [2.24, 2.45) is 11.3 Å². The highest BCUT2D eigenvalue weighted by Gasteiger charge is 2.29. The summed E-state index contributed by atoms with van der Waals surface area (Å²) >= 11 is 0. The number of hydrogen-bond donors (Lipinski definition) is 1. The largest absolute Gasteiger partial charge is 0.383 e. The van der Waals surface area contributed by atoms with Crippen molar-refractivity contribution in [2.75, 3.05) is 5.73 Å². The standard InChI is InChI=1S/C14H22N2/c1-9-7-10-8-11(14(2,3)4)5-6-12(10)13(15)16-9/h7,11H,5-6,8H2,1-4H3,(H2,15,16). The van der Waals surface area contributed by atoms with Crippen LogP contribution in [0.2, 0.25) is 0 Å². The monoisotopic (exact) mass is 218 g/mol. The fourth-order valence-corrected chi connectivity index (χ4v) is 2.69. The second-order valence-electron chi connectivity index (χ2n) is 6.09. The fraction of sp³-hybridized carbons (Fsp3) is 0.643. The van der Waals surface area contributed by atoms with Gasteiger partial charge in [0.15, 0.2) is 0 Å². The van der Waals surface area contributed by atoms with Gasteiger partial charge in [-0.1, -0.05) is 20.8 Å². The van der Waals surface area contributed by atoms with Crippen molar-refractivity contribution >= 4 is 5.82 Å². The van der Waals surface area contributed by atoms with Gasteiger partial charge >= 0.3 is 0 Å². The summed E-state index contributed by atoms with van der Waals surface area (Å²) in [6.07, 6.45) is 3.49. The molecule has 0 aliphatic heterocycles. The summed E-state index contributed by atoms with van der Waals surface area (Å²) in [5.41, 5.74) is 10.1. The molecule has 2 heteroatoms. The molecule has 0 saturated heterocycles. The summed E-state index contributed by atoms with van der Waals surface area (Å²) in [4.78, 5) is 4.35. The second-order valence-corrected chi connectivity index (χ2v) is 6.09. The summed E-state index contributed by atoms with van der Waals surface area (Å²) in [5.74, 6) is 1.52. The SMILES string of the molecule is Cc1cc2c(c(N)n1)CCC(C(C)(C)C)C2. The maximum atomic E-state index is 5.99. The number of nitrogens with two attached hydrogens (primary N) is 1. The van der Waals surface area contributed by atoms with Gasteiger partial charge in [-0.2, -0.15) is 0 Å². The smallest absolute Gasteiger partial charge is 0.127 e. The average molecular weight is 218 g/mol. The molecule has 16 heavy (non-hydrogen) atoms. The zero-order chi connectivity index (χ0) is 11.9. The summed E-state index contributed by atoms with van der Waals surface area (Å²) in [5, 5.41) is 0. The average Bonchev–Trinajstić information content (AvgIpc) is 2.15. The van der Waals surface area contributed by atoms with Crippen molar-refractivity contribution in [1.82, 2.24) is 4.98 Å². The van der Waals surface area contributed by atoms with Crippen molar-refractivity contribution in [3.05, 3.63) is 22.9 Å². The Kier molecular flexibility index (Phi) is 2.69. The van der Waals surface area contributed by atoms with E-state index in [1.54, 1.807) is 0 Å². The Balaban J connectivity index is 2.34. The molecule has 0 saturated carbocycles. The lowest BCUT2D eigenvalue weighted by atomic mass is 9.71. The van der Waals surface area contributed by atoms with E-state index in [0.717, 1.165) is 30.3 Å². The quantitative estimate of drug-likeness (QED) is 0.726. The molecule has 1 aliphatic rings. The number of hydrogen-bond acceptors (Lipinski definition) is 2. The molecule has 0 amide bonds. The van der Waals surface area contributed by atoms with E-state index < -0.39 is 0 Å². The van der Waals surface area contributed by atoms with Crippen LogP contribution < -0.4 is 5.73 Å². The van der Waals surface area contributed by atoms with Crippen LogP contribution in [-0.4, -0.2) is 4.98 Å². The minimum atomic E-state index is 0.392. The molecule has 2 nitrogen and oxygen atoms in total. The highest BCUT2D eigenvalue weighted by atomic mass is 14.8. The second kappa shape index (κ2) is 3.76. The zero-order valence-electron chi connectivity index (χ0n) is 10.8. The summed E-state index contributed by atoms with van der Waals surface area (Å²) in [6.45, 7) is 9.03. The molecular weight excluding hydrogens is 196 g/mol. The lowest BCUT2D eigenvalue weighted by Crippen LogP contribution is -2.27. The van der Waals surface area contributed by atoms with Crippen LogP contribution in [0, 0.1) is 18.3 Å². The number of fused-ring (bicyclic) bond motifs is 1. The van der Waals surface area contributed by atoms with E-state index in [1.807, 2.05) is 6.92 Å². The Morgan fingerprint density at radius 1 is 1.38 bits per heavy atom. The third-order valence-electron chi connectivity index (χ3n) is 3.81. The highest BCUT2D eigenvalue weighted by Crippen LogP contribution is 2.38. The predicted molar refractivity (Wildman–Crippen MR) is 68.4 cm³/mol. The number of anilines is 1. The molecule has 88 valence electrons. The molecule has 0 bridgehead atoms. The van der Waals surface area contributed by atoms with Crippen molar-refractivity contribution < 1.29 is 0 Å². The minimum absolute atomic E-state index is 0.392. The molecule has 0 fully saturated rings. The molecule has 2 rings (SSSR count). The number of nitrogens with zero attached hydrogens (tertiary/aromatic N) is 1. The molecule has 1 unspecified atom stereocenters. The molecule has 1 atom stereocenters. The Labute approximate surface area is 98.3 Å². The maximum Gasteiger partial charge on any atom is 0.127 e. The Morgan fingerprint density at radius 2 is 2.06 bits per heavy atom. The highest BCUT2D eigenvalue weighted by molar-refractivity contribution is 5.47. The lowest BCUT2D eigenvalue weighted by Gasteiger charge is -2.35. The first kappa shape index (κ1) is 11.4. The van der Waals surface area contributed by atoms with E-state index in [4.69, 9.17) is 5.73 Å². The van der Waals surface area contributed by atoms with Gasteiger partial charge in [-0.25, -0.2) is 4.98 Å². The van der Waals surface area contributed by atoms with E-state index in [2.05, 4.69) is 31.8 Å². The summed E-state index contributed by atoms with van der Waals surface area (Å²) < 4.78 is 0. The molecule has 1 aliphatic carbocycles. The van der Waals surface area contributed by atoms with E-state index in [0.29, 0.717) is 5.41 Å². The van der Waals surface area contributed by atoms with Crippen molar-refractivity contribution in [2.45, 2.75) is 47.0 Å². The number of nitrogen functional groups attached to an aromatic ring is 1. The summed E-state index contributed by atoms with van der Waals surface area (Å²) in [7, 11) is 0. The third kappa shape index (κ3) is 2.06. The van der Waals surface area contributed by atoms with Gasteiger partial charge in [0.1, 0.15) is 5.82 Å². The van der Waals surface area contributed by atoms with Crippen LogP contribution in [0.25, 0.3) is 0 Å². The molecular formula is C14H22N2. The first-order chi connectivity index (χ1) is 7.38. The van der Waals surface area contributed by atoms with Gasteiger partial charge in [0.2, 0.25) is 0 Å². The molecule has 0 spiro atoms. The van der Waals surface area contributed by atoms with Crippen molar-refractivity contribution in [3.63, 3.8) is 0 Å². The first-order valence-corrected chi connectivity index (χ1v) is 6.13. The van der Waals surface area contributed by atoms with Gasteiger partial charge in [0, 0.05) is 5.69 Å². The van der Waals surface area contributed by atoms with E-state index in [9.17, 15) is 0 Å². The van der Waals surface area contributed by atoms with Crippen LogP contribution in [-0.2, 0) is 12.8 Å². The zero-order valence-corrected chi connectivity index (χ0v) is 10.8. The van der Waals surface area contributed by atoms with E-state index in [1.165, 1.54) is 17.5 Å². The van der Waals surface area contributed by atoms with Crippen LogP contribution in [0.5, 0.6) is 0 Å². The predicted octanol–water partition coefficient (Wildman–Crippen LogP) is 3.12. The molecule has 0 radical (unpaired) electrons. The molecule has 1 aromatic heterocycles. The van der Waals surface area contributed by atoms with Crippen LogP contribution in [0.15, 0.2) is 6.07 Å².